The molecule has 1 aliphatic rings. The first-order valence-electron chi connectivity index (χ1n) is 9.91. The van der Waals surface area contributed by atoms with Gasteiger partial charge < -0.3 is 10.2 Å². The number of anilines is 2. The number of carbonyl (C=O) groups is 1. The molecule has 4 rings (SSSR count). The van der Waals surface area contributed by atoms with Gasteiger partial charge in [-0.3, -0.25) is 4.79 Å². The predicted octanol–water partition coefficient (Wildman–Crippen LogP) is 4.59. The highest BCUT2D eigenvalue weighted by atomic mass is 19.1. The van der Waals surface area contributed by atoms with Crippen LogP contribution in [0.3, 0.4) is 0 Å². The van der Waals surface area contributed by atoms with Crippen LogP contribution in [-0.4, -0.2) is 29.2 Å². The zero-order chi connectivity index (χ0) is 21.1. The monoisotopic (exact) mass is 408 g/mol. The molecule has 1 amide bonds. The van der Waals surface area contributed by atoms with E-state index in [4.69, 9.17) is 0 Å². The van der Waals surface area contributed by atoms with Crippen molar-refractivity contribution in [3.8, 4) is 11.3 Å². The maximum absolute atomic E-state index is 13.7. The van der Waals surface area contributed by atoms with E-state index in [1.807, 2.05) is 12.1 Å². The van der Waals surface area contributed by atoms with E-state index >= 15 is 0 Å². The second-order valence-corrected chi connectivity index (χ2v) is 7.50. The van der Waals surface area contributed by atoms with E-state index in [0.29, 0.717) is 42.9 Å². The van der Waals surface area contributed by atoms with Crippen molar-refractivity contribution in [2.45, 2.75) is 19.8 Å². The third kappa shape index (κ3) is 4.45. The molecule has 0 atom stereocenters. The number of aromatic nitrogens is 2. The molecular weight excluding hydrogens is 386 g/mol. The van der Waals surface area contributed by atoms with E-state index in [-0.39, 0.29) is 23.5 Å². The van der Waals surface area contributed by atoms with E-state index in [1.165, 1.54) is 18.2 Å². The lowest BCUT2D eigenvalue weighted by atomic mass is 9.95. The molecule has 0 aliphatic carbocycles. The van der Waals surface area contributed by atoms with Crippen molar-refractivity contribution in [1.82, 2.24) is 10.2 Å². The minimum atomic E-state index is -0.328. The van der Waals surface area contributed by atoms with Gasteiger partial charge in [0.2, 0.25) is 5.91 Å². The Morgan fingerprint density at radius 2 is 1.73 bits per heavy atom. The summed E-state index contributed by atoms with van der Waals surface area (Å²) in [6.07, 6.45) is 1.36. The number of amides is 1. The van der Waals surface area contributed by atoms with Crippen LogP contribution in [0.2, 0.25) is 0 Å². The third-order valence-corrected chi connectivity index (χ3v) is 5.42. The number of nitrogens with zero attached hydrogens (tertiary/aromatic N) is 3. The van der Waals surface area contributed by atoms with Crippen LogP contribution in [0.25, 0.3) is 11.3 Å². The quantitative estimate of drug-likeness (QED) is 0.686. The Morgan fingerprint density at radius 3 is 2.37 bits per heavy atom. The summed E-state index contributed by atoms with van der Waals surface area (Å²) in [5, 5.41) is 11.4. The summed E-state index contributed by atoms with van der Waals surface area (Å²) in [6, 6.07) is 14.6. The maximum Gasteiger partial charge on any atom is 0.227 e. The largest absolute Gasteiger partial charge is 0.355 e. The molecule has 30 heavy (non-hydrogen) atoms. The van der Waals surface area contributed by atoms with Crippen LogP contribution in [0.5, 0.6) is 0 Å². The van der Waals surface area contributed by atoms with Gasteiger partial charge in [-0.05, 0) is 73.9 Å². The number of carbonyl (C=O) groups excluding carboxylic acids is 1. The highest BCUT2D eigenvalue weighted by Gasteiger charge is 2.26. The summed E-state index contributed by atoms with van der Waals surface area (Å²) in [4.78, 5) is 14.6. The highest BCUT2D eigenvalue weighted by Crippen LogP contribution is 2.25. The van der Waals surface area contributed by atoms with Crippen LogP contribution >= 0.6 is 0 Å². The smallest absolute Gasteiger partial charge is 0.227 e. The lowest BCUT2D eigenvalue weighted by molar-refractivity contribution is -0.120. The van der Waals surface area contributed by atoms with Crippen LogP contribution < -0.4 is 10.2 Å². The molecule has 1 saturated heterocycles. The normalized spacial score (nSPS) is 14.6. The molecule has 2 heterocycles. The van der Waals surface area contributed by atoms with Crippen molar-refractivity contribution in [3.05, 3.63) is 71.8 Å². The molecule has 5 nitrogen and oxygen atoms in total. The molecule has 7 heteroatoms. The summed E-state index contributed by atoms with van der Waals surface area (Å²) < 4.78 is 26.7. The van der Waals surface area contributed by atoms with Gasteiger partial charge in [-0.15, -0.1) is 10.2 Å². The molecule has 0 spiro atoms. The minimum Gasteiger partial charge on any atom is -0.355 e. The summed E-state index contributed by atoms with van der Waals surface area (Å²) in [5.41, 5.74) is 2.51. The van der Waals surface area contributed by atoms with Crippen LogP contribution in [-0.2, 0) is 4.79 Å². The molecule has 0 unspecified atom stereocenters. The van der Waals surface area contributed by atoms with Crippen LogP contribution in [0, 0.1) is 24.5 Å². The molecule has 1 aliphatic heterocycles. The predicted molar refractivity (Wildman–Crippen MR) is 112 cm³/mol. The van der Waals surface area contributed by atoms with Gasteiger partial charge in [0, 0.05) is 30.3 Å². The number of benzene rings is 2. The summed E-state index contributed by atoms with van der Waals surface area (Å²) >= 11 is 0. The van der Waals surface area contributed by atoms with E-state index in [2.05, 4.69) is 20.4 Å². The highest BCUT2D eigenvalue weighted by molar-refractivity contribution is 5.92. The Hall–Kier alpha value is -3.35. The number of aryl methyl sites for hydroxylation is 1. The van der Waals surface area contributed by atoms with Crippen LogP contribution in [0.1, 0.15) is 18.4 Å². The molecule has 1 N–H and O–H groups in total. The fraction of sp³-hybridized carbons (Fsp3) is 0.261. The van der Waals surface area contributed by atoms with Crippen molar-refractivity contribution in [3.63, 3.8) is 0 Å². The van der Waals surface area contributed by atoms with Crippen molar-refractivity contribution in [1.29, 1.82) is 0 Å². The van der Waals surface area contributed by atoms with Crippen molar-refractivity contribution in [2.75, 3.05) is 23.3 Å². The van der Waals surface area contributed by atoms with Crippen molar-refractivity contribution < 1.29 is 13.6 Å². The van der Waals surface area contributed by atoms with Crippen molar-refractivity contribution >= 4 is 17.4 Å². The third-order valence-electron chi connectivity index (χ3n) is 5.42. The maximum atomic E-state index is 13.7. The van der Waals surface area contributed by atoms with E-state index in [0.717, 1.165) is 11.4 Å². The van der Waals surface area contributed by atoms with E-state index < -0.39 is 0 Å². The SMILES string of the molecule is Cc1ccc(NC(=O)C2CCN(c3ccc(-c4ccc(F)cc4)nn3)CC2)cc1F. The minimum absolute atomic E-state index is 0.0874. The molecule has 3 aromatic rings. The summed E-state index contributed by atoms with van der Waals surface area (Å²) in [5.74, 6) is -0.0824. The number of hydrogen-bond donors (Lipinski definition) is 1. The number of halogens is 2. The van der Waals surface area contributed by atoms with E-state index in [1.54, 1.807) is 31.2 Å². The first-order valence-corrected chi connectivity index (χ1v) is 9.91. The Morgan fingerprint density at radius 1 is 1.00 bits per heavy atom. The lowest BCUT2D eigenvalue weighted by Crippen LogP contribution is -2.38. The first kappa shape index (κ1) is 19.9. The molecule has 2 aromatic carbocycles. The molecular formula is C23H22F2N4O. The molecule has 1 aromatic heterocycles. The van der Waals surface area contributed by atoms with Gasteiger partial charge in [-0.2, -0.15) is 0 Å². The number of piperidine rings is 1. The Bertz CT molecular complexity index is 1030. The Balaban J connectivity index is 1.34. The average Bonchev–Trinajstić information content (AvgIpc) is 2.77. The zero-order valence-corrected chi connectivity index (χ0v) is 16.6. The van der Waals surface area contributed by atoms with Gasteiger partial charge in [0.25, 0.3) is 0 Å². The fourth-order valence-corrected chi connectivity index (χ4v) is 3.55. The molecule has 154 valence electrons. The second kappa shape index (κ2) is 8.57. The Kier molecular flexibility index (Phi) is 5.70. The number of hydrogen-bond acceptors (Lipinski definition) is 4. The molecule has 0 saturated carbocycles. The van der Waals surface area contributed by atoms with Gasteiger partial charge in [-0.1, -0.05) is 6.07 Å². The number of nitrogens with one attached hydrogen (secondary N) is 1. The molecule has 0 bridgehead atoms. The lowest BCUT2D eigenvalue weighted by Gasteiger charge is -2.31. The fourth-order valence-electron chi connectivity index (χ4n) is 3.55. The average molecular weight is 408 g/mol. The summed E-state index contributed by atoms with van der Waals surface area (Å²) in [6.45, 7) is 3.06. The molecule has 1 fully saturated rings. The van der Waals surface area contributed by atoms with Gasteiger partial charge in [-0.25, -0.2) is 8.78 Å². The zero-order valence-electron chi connectivity index (χ0n) is 16.6. The van der Waals surface area contributed by atoms with Crippen molar-refractivity contribution in [2.24, 2.45) is 5.92 Å². The van der Waals surface area contributed by atoms with Gasteiger partial charge >= 0.3 is 0 Å². The topological polar surface area (TPSA) is 58.1 Å². The van der Waals surface area contributed by atoms with Gasteiger partial charge in [0.05, 0.1) is 5.69 Å². The van der Waals surface area contributed by atoms with E-state index in [9.17, 15) is 13.6 Å². The first-order chi connectivity index (χ1) is 14.5. The summed E-state index contributed by atoms with van der Waals surface area (Å²) in [7, 11) is 0. The number of rotatable bonds is 4. The van der Waals surface area contributed by atoms with Crippen LogP contribution in [0.4, 0.5) is 20.3 Å². The van der Waals surface area contributed by atoms with Crippen LogP contribution in [0.15, 0.2) is 54.6 Å². The van der Waals surface area contributed by atoms with Gasteiger partial charge in [0.1, 0.15) is 11.6 Å². The standard InChI is InChI=1S/C23H22F2N4O/c1-15-2-7-19(14-20(15)25)26-23(30)17-10-12-29(13-11-17)22-9-8-21(27-28-22)16-3-5-18(24)6-4-16/h2-9,14,17H,10-13H2,1H3,(H,26,30). The Labute approximate surface area is 173 Å². The van der Waals surface area contributed by atoms with Gasteiger partial charge in [0.15, 0.2) is 5.82 Å². The second-order valence-electron chi connectivity index (χ2n) is 7.50. The molecule has 0 radical (unpaired) electrons.